The first-order valence-electron chi connectivity index (χ1n) is 12.4. The van der Waals surface area contributed by atoms with Crippen molar-refractivity contribution < 1.29 is 23.5 Å². The largest absolute Gasteiger partial charge is 0.446 e. The van der Waals surface area contributed by atoms with Gasteiger partial charge in [0.05, 0.1) is 17.6 Å². The number of nitrogens with one attached hydrogen (secondary N) is 2. The number of aryl methyl sites for hydroxylation is 1. The Morgan fingerprint density at radius 2 is 1.76 bits per heavy atom. The van der Waals surface area contributed by atoms with Crippen LogP contribution >= 0.6 is 0 Å². The summed E-state index contributed by atoms with van der Waals surface area (Å²) >= 11 is 0. The van der Waals surface area contributed by atoms with Crippen molar-refractivity contribution in [1.82, 2.24) is 14.8 Å². The molecule has 0 saturated carbocycles. The number of benzene rings is 2. The summed E-state index contributed by atoms with van der Waals surface area (Å²) < 4.78 is 26.1. The minimum Gasteiger partial charge on any atom is -0.446 e. The van der Waals surface area contributed by atoms with Crippen LogP contribution in [0.3, 0.4) is 0 Å². The van der Waals surface area contributed by atoms with E-state index in [-0.39, 0.29) is 18.4 Å². The van der Waals surface area contributed by atoms with E-state index in [0.717, 1.165) is 11.3 Å². The summed E-state index contributed by atoms with van der Waals surface area (Å²) in [6.07, 6.45) is 0.812. The van der Waals surface area contributed by atoms with Crippen molar-refractivity contribution >= 4 is 23.5 Å². The van der Waals surface area contributed by atoms with Gasteiger partial charge in [0.25, 0.3) is 0 Å². The van der Waals surface area contributed by atoms with Gasteiger partial charge in [0.1, 0.15) is 12.7 Å². The minimum absolute atomic E-state index is 0.0911. The number of ether oxygens (including phenoxy) is 2. The van der Waals surface area contributed by atoms with Crippen LogP contribution in [0.25, 0.3) is 0 Å². The number of nitrogens with zero attached hydrogens (tertiary/aromatic N) is 3. The molecule has 10 heteroatoms. The molecule has 0 bridgehead atoms. The number of pyridine rings is 1. The van der Waals surface area contributed by atoms with Crippen molar-refractivity contribution in [1.29, 1.82) is 0 Å². The van der Waals surface area contributed by atoms with Crippen LogP contribution < -0.4 is 10.6 Å². The van der Waals surface area contributed by atoms with Crippen LogP contribution in [-0.4, -0.2) is 66.8 Å². The highest BCUT2D eigenvalue weighted by atomic mass is 19.1. The lowest BCUT2D eigenvalue weighted by Gasteiger charge is -2.34. The Kier molecular flexibility index (Phi) is 9.23. The van der Waals surface area contributed by atoms with Crippen LogP contribution in [0.15, 0.2) is 66.9 Å². The zero-order chi connectivity index (χ0) is 26.9. The molecular formula is C28H32FN5O4. The van der Waals surface area contributed by atoms with E-state index in [4.69, 9.17) is 9.47 Å². The van der Waals surface area contributed by atoms with E-state index < -0.39 is 17.9 Å². The second kappa shape index (κ2) is 13.0. The van der Waals surface area contributed by atoms with Crippen LogP contribution in [0, 0.1) is 12.7 Å². The Balaban J connectivity index is 1.25. The molecule has 38 heavy (non-hydrogen) atoms. The van der Waals surface area contributed by atoms with Gasteiger partial charge in [-0.2, -0.15) is 0 Å². The monoisotopic (exact) mass is 521 g/mol. The molecule has 0 aliphatic carbocycles. The van der Waals surface area contributed by atoms with Gasteiger partial charge in [0, 0.05) is 51.1 Å². The van der Waals surface area contributed by atoms with E-state index in [1.165, 1.54) is 12.3 Å². The molecule has 1 aliphatic heterocycles. The van der Waals surface area contributed by atoms with Gasteiger partial charge in [-0.1, -0.05) is 42.5 Å². The Morgan fingerprint density at radius 3 is 2.45 bits per heavy atom. The molecule has 3 aromatic rings. The van der Waals surface area contributed by atoms with Crippen molar-refractivity contribution in [3.63, 3.8) is 0 Å². The summed E-state index contributed by atoms with van der Waals surface area (Å²) in [7, 11) is 1.59. The molecule has 0 radical (unpaired) electrons. The third-order valence-electron chi connectivity index (χ3n) is 6.33. The van der Waals surface area contributed by atoms with E-state index in [1.54, 1.807) is 36.3 Å². The zero-order valence-electron chi connectivity index (χ0n) is 21.5. The van der Waals surface area contributed by atoms with E-state index in [0.29, 0.717) is 44.0 Å². The maximum atomic E-state index is 15.2. The fourth-order valence-corrected chi connectivity index (χ4v) is 4.16. The summed E-state index contributed by atoms with van der Waals surface area (Å²) in [5.74, 6) is -0.488. The number of aromatic nitrogens is 1. The molecule has 200 valence electrons. The van der Waals surface area contributed by atoms with E-state index in [1.807, 2.05) is 37.3 Å². The lowest BCUT2D eigenvalue weighted by molar-refractivity contribution is 0.0150. The Labute approximate surface area is 221 Å². The lowest BCUT2D eigenvalue weighted by atomic mass is 10.1. The van der Waals surface area contributed by atoms with Crippen LogP contribution in [0.1, 0.15) is 22.9 Å². The molecule has 1 aliphatic rings. The number of anilines is 2. The number of hydrogen-bond donors (Lipinski definition) is 2. The van der Waals surface area contributed by atoms with Gasteiger partial charge in [-0.05, 0) is 30.7 Å². The topological polar surface area (TPSA) is 96.0 Å². The average Bonchev–Trinajstić information content (AvgIpc) is 2.93. The smallest absolute Gasteiger partial charge is 0.409 e. The van der Waals surface area contributed by atoms with Gasteiger partial charge in [0.15, 0.2) is 5.82 Å². The fourth-order valence-electron chi connectivity index (χ4n) is 4.16. The lowest BCUT2D eigenvalue weighted by Crippen LogP contribution is -2.48. The summed E-state index contributed by atoms with van der Waals surface area (Å²) in [5, 5.41) is 5.21. The summed E-state index contributed by atoms with van der Waals surface area (Å²) in [5.41, 5.74) is 2.83. The SMILES string of the molecule is CO[C@@H](COC(=O)N1CCN(Cc2cccc(NC(=O)Nc3ccc(C)nc3)c2F)CC1)c1ccccc1. The molecule has 3 amide bonds. The van der Waals surface area contributed by atoms with Gasteiger partial charge < -0.3 is 25.0 Å². The van der Waals surface area contributed by atoms with E-state index in [9.17, 15) is 9.59 Å². The van der Waals surface area contributed by atoms with Crippen LogP contribution in [0.4, 0.5) is 25.4 Å². The predicted octanol–water partition coefficient (Wildman–Crippen LogP) is 4.82. The second-order valence-electron chi connectivity index (χ2n) is 9.02. The van der Waals surface area contributed by atoms with Crippen LogP contribution in [0.5, 0.6) is 0 Å². The molecule has 1 atom stereocenters. The van der Waals surface area contributed by atoms with Crippen molar-refractivity contribution in [3.05, 3.63) is 89.5 Å². The maximum Gasteiger partial charge on any atom is 0.409 e. The van der Waals surface area contributed by atoms with E-state index in [2.05, 4.69) is 20.5 Å². The van der Waals surface area contributed by atoms with Gasteiger partial charge in [0.2, 0.25) is 0 Å². The molecule has 1 fully saturated rings. The number of carbonyl (C=O) groups excluding carboxylic acids is 2. The Hall–Kier alpha value is -4.02. The van der Waals surface area contributed by atoms with Crippen molar-refractivity contribution in [2.24, 2.45) is 0 Å². The predicted molar refractivity (Wildman–Crippen MR) is 142 cm³/mol. The number of halogens is 1. The number of carbonyl (C=O) groups is 2. The molecule has 1 aromatic heterocycles. The highest BCUT2D eigenvalue weighted by molar-refractivity contribution is 5.99. The highest BCUT2D eigenvalue weighted by Crippen LogP contribution is 2.21. The highest BCUT2D eigenvalue weighted by Gasteiger charge is 2.24. The summed E-state index contributed by atoms with van der Waals surface area (Å²) in [6.45, 7) is 4.40. The first-order valence-corrected chi connectivity index (χ1v) is 12.4. The molecule has 9 nitrogen and oxygen atoms in total. The Bertz CT molecular complexity index is 1220. The third kappa shape index (κ3) is 7.27. The number of piperazine rings is 1. The molecule has 0 unspecified atom stereocenters. The zero-order valence-corrected chi connectivity index (χ0v) is 21.5. The number of amides is 3. The normalized spacial score (nSPS) is 14.6. The summed E-state index contributed by atoms with van der Waals surface area (Å²) in [4.78, 5) is 32.7. The fraction of sp³-hybridized carbons (Fsp3) is 0.321. The van der Waals surface area contributed by atoms with E-state index >= 15 is 4.39 Å². The number of methoxy groups -OCH3 is 1. The van der Waals surface area contributed by atoms with Crippen LogP contribution in [0.2, 0.25) is 0 Å². The summed E-state index contributed by atoms with van der Waals surface area (Å²) in [6, 6.07) is 17.5. The number of rotatable bonds is 8. The molecule has 4 rings (SSSR count). The number of urea groups is 1. The Morgan fingerprint density at radius 1 is 1.00 bits per heavy atom. The first kappa shape index (κ1) is 27.0. The minimum atomic E-state index is -0.554. The van der Waals surface area contributed by atoms with Crippen molar-refractivity contribution in [2.45, 2.75) is 19.6 Å². The quantitative estimate of drug-likeness (QED) is 0.442. The second-order valence-corrected chi connectivity index (χ2v) is 9.02. The number of hydrogen-bond acceptors (Lipinski definition) is 6. The molecular weight excluding hydrogens is 489 g/mol. The molecule has 2 heterocycles. The molecule has 0 spiro atoms. The maximum absolute atomic E-state index is 15.2. The first-order chi connectivity index (χ1) is 18.4. The average molecular weight is 522 g/mol. The van der Waals surface area contributed by atoms with Crippen molar-refractivity contribution in [3.8, 4) is 0 Å². The molecule has 1 saturated heterocycles. The van der Waals surface area contributed by atoms with Gasteiger partial charge in [-0.3, -0.25) is 9.88 Å². The van der Waals surface area contributed by atoms with Gasteiger partial charge >= 0.3 is 12.1 Å². The van der Waals surface area contributed by atoms with Gasteiger partial charge in [-0.15, -0.1) is 0 Å². The van der Waals surface area contributed by atoms with Crippen molar-refractivity contribution in [2.75, 3.05) is 50.5 Å². The molecule has 2 aromatic carbocycles. The standard InChI is InChI=1S/C28H32FN5O4/c1-20-11-12-23(17-30-20)31-27(35)32-24-10-6-9-22(26(24)29)18-33-13-15-34(16-14-33)28(36)38-19-25(37-2)21-7-4-3-5-8-21/h3-12,17,25H,13-16,18-19H2,1-2H3,(H2,31,32,35)/t25-/m0/s1. The van der Waals surface area contributed by atoms with Gasteiger partial charge in [-0.25, -0.2) is 14.0 Å². The third-order valence-corrected chi connectivity index (χ3v) is 6.33. The van der Waals surface area contributed by atoms with Crippen LogP contribution in [-0.2, 0) is 16.0 Å². The molecule has 2 N–H and O–H groups in total.